The molecule has 286 valence electrons. The predicted octanol–water partition coefficient (Wildman–Crippen LogP) is 2.62. The summed E-state index contributed by atoms with van der Waals surface area (Å²) in [4.78, 5) is 55.1. The van der Waals surface area contributed by atoms with Gasteiger partial charge in [0.05, 0.1) is 26.3 Å². The highest BCUT2D eigenvalue weighted by atomic mass is 32.2. The van der Waals surface area contributed by atoms with Gasteiger partial charge in [-0.15, -0.1) is 0 Å². The molecule has 4 amide bonds. The van der Waals surface area contributed by atoms with E-state index in [9.17, 15) is 32.7 Å². The molecule has 4 rings (SSSR count). The number of piperidine rings is 1. The molecule has 0 aromatic heterocycles. The Labute approximate surface area is 303 Å². The fourth-order valence-electron chi connectivity index (χ4n) is 6.69. The number of nitrogens with zero attached hydrogens (tertiary/aromatic N) is 3. The molecular weight excluding hydrogens is 678 g/mol. The minimum atomic E-state index is -4.34. The van der Waals surface area contributed by atoms with Gasteiger partial charge in [-0.3, -0.25) is 23.7 Å². The Morgan fingerprint density at radius 3 is 2.49 bits per heavy atom. The van der Waals surface area contributed by atoms with Crippen LogP contribution in [0.15, 0.2) is 18.2 Å². The summed E-state index contributed by atoms with van der Waals surface area (Å²) in [6, 6.07) is 4.35. The highest BCUT2D eigenvalue weighted by Gasteiger charge is 2.44. The Hall–Kier alpha value is -3.11. The zero-order valence-electron chi connectivity index (χ0n) is 30.9. The minimum absolute atomic E-state index is 0.0923. The lowest BCUT2D eigenvalue weighted by atomic mass is 9.98. The fourth-order valence-corrected chi connectivity index (χ4v) is 7.82. The fraction of sp³-hybridized carbons (Fsp3) is 0.722. The summed E-state index contributed by atoms with van der Waals surface area (Å²) in [6.45, 7) is 6.99. The molecule has 3 atom stereocenters. The number of aliphatic hydroxyl groups excluding tert-OH is 1. The van der Waals surface area contributed by atoms with E-state index < -0.39 is 46.2 Å². The van der Waals surface area contributed by atoms with Gasteiger partial charge in [0.2, 0.25) is 11.8 Å². The highest BCUT2D eigenvalue weighted by Crippen LogP contribution is 2.39. The Balaban J connectivity index is 1.20. The van der Waals surface area contributed by atoms with Gasteiger partial charge in [-0.25, -0.2) is 8.91 Å². The molecule has 1 saturated carbocycles. The van der Waals surface area contributed by atoms with Gasteiger partial charge in [-0.05, 0) is 81.4 Å². The molecule has 15 heteroatoms. The molecule has 1 aromatic carbocycles. The summed E-state index contributed by atoms with van der Waals surface area (Å²) in [7, 11) is -0.957. The van der Waals surface area contributed by atoms with Crippen LogP contribution in [-0.4, -0.2) is 109 Å². The largest absolute Gasteiger partial charge is 0.362 e. The Kier molecular flexibility index (Phi) is 14.0. The first kappa shape index (κ1) is 40.7. The molecule has 3 aliphatic rings. The summed E-state index contributed by atoms with van der Waals surface area (Å²) in [6.07, 6.45) is 7.05. The lowest BCUT2D eigenvalue weighted by molar-refractivity contribution is -0.955. The van der Waals surface area contributed by atoms with Crippen LogP contribution in [0, 0.1) is 0 Å². The summed E-state index contributed by atoms with van der Waals surface area (Å²) >= 11 is 0. The van der Waals surface area contributed by atoms with Crippen molar-refractivity contribution in [1.29, 1.82) is 0 Å². The van der Waals surface area contributed by atoms with Crippen molar-refractivity contribution in [2.24, 2.45) is 0 Å². The van der Waals surface area contributed by atoms with Gasteiger partial charge in [0.15, 0.2) is 6.54 Å². The molecule has 3 N–H and O–H groups in total. The van der Waals surface area contributed by atoms with Crippen molar-refractivity contribution >= 4 is 33.9 Å². The molecule has 1 aromatic rings. The number of amides is 4. The molecule has 1 aliphatic carbocycles. The summed E-state index contributed by atoms with van der Waals surface area (Å²) in [5.41, 5.74) is 2.99. The first-order valence-electron chi connectivity index (χ1n) is 18.4. The number of likely N-dealkylation sites (tertiary alicyclic amines) is 1. The number of hydrogen-bond acceptors (Lipinski definition) is 9. The monoisotopic (exact) mass is 736 g/mol. The van der Waals surface area contributed by atoms with Crippen molar-refractivity contribution in [1.82, 2.24) is 19.8 Å². The van der Waals surface area contributed by atoms with Crippen LogP contribution in [0.2, 0.25) is 0 Å². The Bertz CT molecular complexity index is 1510. The first-order valence-corrected chi connectivity index (χ1v) is 19.8. The standard InChI is InChI=1S/C36H57N5O9S/c1-6-14-30(33(44)38-51(47,48)50-36(3)19-20-36)37-34(45)31-18-10-11-21-40(31)32(43)25-41(4,5)35(46)49-22-12-8-7-9-15-27-16-13-17-28-23-39(26(2)42)24-29(27)28/h13,16-17,30-31,35,46H,6-12,14-15,18-25H2,1-5H3,(H-,37,38,44,45)/p+1. The van der Waals surface area contributed by atoms with Crippen molar-refractivity contribution in [2.75, 3.05) is 33.8 Å². The van der Waals surface area contributed by atoms with E-state index in [1.54, 1.807) is 27.9 Å². The lowest BCUT2D eigenvalue weighted by Gasteiger charge is -2.39. The molecule has 3 unspecified atom stereocenters. The average molecular weight is 737 g/mol. The molecule has 2 heterocycles. The van der Waals surface area contributed by atoms with E-state index in [-0.39, 0.29) is 29.3 Å². The van der Waals surface area contributed by atoms with Crippen LogP contribution in [-0.2, 0) is 57.9 Å². The van der Waals surface area contributed by atoms with Gasteiger partial charge in [-0.1, -0.05) is 44.4 Å². The number of rotatable bonds is 19. The molecule has 1 saturated heterocycles. The van der Waals surface area contributed by atoms with E-state index in [4.69, 9.17) is 8.92 Å². The van der Waals surface area contributed by atoms with Gasteiger partial charge in [0.1, 0.15) is 12.1 Å². The lowest BCUT2D eigenvalue weighted by Crippen LogP contribution is -2.60. The molecule has 2 aliphatic heterocycles. The first-order chi connectivity index (χ1) is 24.0. The van der Waals surface area contributed by atoms with E-state index in [2.05, 4.69) is 23.5 Å². The zero-order valence-corrected chi connectivity index (χ0v) is 31.8. The predicted molar refractivity (Wildman–Crippen MR) is 189 cm³/mol. The summed E-state index contributed by atoms with van der Waals surface area (Å²) in [5, 5.41) is 13.6. The number of quaternary nitrogens is 1. The van der Waals surface area contributed by atoms with Crippen molar-refractivity contribution in [3.05, 3.63) is 34.9 Å². The molecule has 14 nitrogen and oxygen atoms in total. The number of fused-ring (bicyclic) bond motifs is 1. The number of unbranched alkanes of at least 4 members (excludes halogenated alkanes) is 3. The van der Waals surface area contributed by atoms with Gasteiger partial charge < -0.3 is 25.0 Å². The maximum absolute atomic E-state index is 13.6. The number of carbonyl (C=O) groups is 4. The number of hydrogen-bond donors (Lipinski definition) is 3. The average Bonchev–Trinajstić information content (AvgIpc) is 3.60. The molecule has 0 spiro atoms. The topological polar surface area (TPSA) is 172 Å². The van der Waals surface area contributed by atoms with Gasteiger partial charge in [-0.2, -0.15) is 8.42 Å². The van der Waals surface area contributed by atoms with Crippen LogP contribution >= 0.6 is 0 Å². The van der Waals surface area contributed by atoms with Gasteiger partial charge >= 0.3 is 16.7 Å². The SMILES string of the molecule is CCCC(NC(=O)C1CCCCN1C(=O)C[N+](C)(C)C(O)OCCCCCCc1cccc2c1CN(C(C)=O)C2)C(=O)NS(=O)(=O)OC1(C)CC1. The van der Waals surface area contributed by atoms with Crippen LogP contribution in [0.1, 0.15) is 108 Å². The number of aryl methyl sites for hydroxylation is 1. The normalized spacial score (nSPS) is 19.6. The molecule has 51 heavy (non-hydrogen) atoms. The Morgan fingerprint density at radius 2 is 1.80 bits per heavy atom. The van der Waals surface area contributed by atoms with Crippen LogP contribution in [0.3, 0.4) is 0 Å². The maximum Gasteiger partial charge on any atom is 0.362 e. The summed E-state index contributed by atoms with van der Waals surface area (Å²) in [5.74, 6) is -1.65. The van der Waals surface area contributed by atoms with Crippen molar-refractivity contribution in [2.45, 2.75) is 135 Å². The number of carbonyl (C=O) groups excluding carboxylic acids is 4. The second-order valence-electron chi connectivity index (χ2n) is 15.1. The van der Waals surface area contributed by atoms with Crippen molar-refractivity contribution < 1.29 is 46.1 Å². The third-order valence-corrected chi connectivity index (χ3v) is 11.2. The molecular formula is C36H58N5O9S+. The number of ether oxygens (including phenoxy) is 1. The van der Waals surface area contributed by atoms with Gasteiger partial charge in [0.25, 0.3) is 11.8 Å². The van der Waals surface area contributed by atoms with Gasteiger partial charge in [0, 0.05) is 26.6 Å². The molecule has 0 radical (unpaired) electrons. The van der Waals surface area contributed by atoms with E-state index in [1.165, 1.54) is 21.6 Å². The molecule has 2 fully saturated rings. The maximum atomic E-state index is 13.6. The quantitative estimate of drug-likeness (QED) is 0.110. The number of likely N-dealkylation sites (N-methyl/N-ethyl adjacent to an activating group) is 1. The van der Waals surface area contributed by atoms with E-state index in [0.717, 1.165) is 32.1 Å². The smallest absolute Gasteiger partial charge is 0.342 e. The second kappa shape index (κ2) is 17.6. The Morgan fingerprint density at radius 1 is 1.08 bits per heavy atom. The second-order valence-corrected chi connectivity index (χ2v) is 16.4. The van der Waals surface area contributed by atoms with Crippen molar-refractivity contribution in [3.63, 3.8) is 0 Å². The van der Waals surface area contributed by atoms with Crippen molar-refractivity contribution in [3.8, 4) is 0 Å². The highest BCUT2D eigenvalue weighted by molar-refractivity contribution is 7.85. The van der Waals surface area contributed by atoms with E-state index in [0.29, 0.717) is 64.8 Å². The van der Waals surface area contributed by atoms with E-state index in [1.807, 2.05) is 16.5 Å². The number of benzene rings is 1. The zero-order chi connectivity index (χ0) is 37.4. The number of aliphatic hydroxyl groups is 1. The summed E-state index contributed by atoms with van der Waals surface area (Å²) < 4.78 is 37.4. The van der Waals surface area contributed by atoms with Crippen LogP contribution in [0.5, 0.6) is 0 Å². The third kappa shape index (κ3) is 11.7. The number of nitrogens with one attached hydrogen (secondary N) is 2. The van der Waals surface area contributed by atoms with Crippen LogP contribution in [0.4, 0.5) is 0 Å². The van der Waals surface area contributed by atoms with E-state index >= 15 is 0 Å². The van der Waals surface area contributed by atoms with Crippen LogP contribution in [0.25, 0.3) is 0 Å². The third-order valence-electron chi connectivity index (χ3n) is 10.1. The molecule has 0 bridgehead atoms. The van der Waals surface area contributed by atoms with Crippen LogP contribution < -0.4 is 10.0 Å². The minimum Gasteiger partial charge on any atom is -0.342 e.